The number of aromatic nitrogens is 4. The largest absolute Gasteiger partial charge is 0.337 e. The standard InChI is InChI=1S/C40H26N4O2/c1-25(45)29-19-13-27(14-20-29)17-23-33-35-37(43-39(41-35)31-9-5-3-6-10-31)34(24-18-28-15-21-30(22-16-28)26(2)46)38-36(33)42-40(44-38)32-11-7-4-8-12-32/h3-16,19-22H,1-2H3,(H,41,43)(H,42,44). The zero-order chi connectivity index (χ0) is 31.6. The number of hydrogen-bond donors (Lipinski definition) is 2. The van der Waals surface area contributed by atoms with Gasteiger partial charge in [-0.1, -0.05) is 109 Å². The van der Waals surface area contributed by atoms with Gasteiger partial charge in [-0.05, 0) is 38.1 Å². The summed E-state index contributed by atoms with van der Waals surface area (Å²) < 4.78 is 0. The van der Waals surface area contributed by atoms with E-state index in [1.54, 1.807) is 38.1 Å². The van der Waals surface area contributed by atoms with Crippen LogP contribution in [0, 0.1) is 23.7 Å². The number of nitrogens with zero attached hydrogens (tertiary/aromatic N) is 2. The molecular weight excluding hydrogens is 568 g/mol. The Bertz CT molecular complexity index is 2170. The van der Waals surface area contributed by atoms with Crippen molar-refractivity contribution in [3.05, 3.63) is 143 Å². The smallest absolute Gasteiger partial charge is 0.159 e. The molecule has 0 saturated heterocycles. The van der Waals surface area contributed by atoms with E-state index in [1.807, 2.05) is 84.9 Å². The molecule has 0 spiro atoms. The number of carbonyl (C=O) groups is 2. The first-order chi connectivity index (χ1) is 22.4. The third-order valence-corrected chi connectivity index (χ3v) is 7.72. The molecule has 7 aromatic rings. The number of rotatable bonds is 4. The van der Waals surface area contributed by atoms with Crippen molar-refractivity contribution >= 4 is 33.6 Å². The molecular formula is C40H26N4O2. The molecule has 5 aromatic carbocycles. The summed E-state index contributed by atoms with van der Waals surface area (Å²) in [5.74, 6) is 14.7. The van der Waals surface area contributed by atoms with Crippen LogP contribution in [0.4, 0.5) is 0 Å². The molecule has 218 valence electrons. The summed E-state index contributed by atoms with van der Waals surface area (Å²) in [6.07, 6.45) is 0. The Hall–Kier alpha value is -6.50. The van der Waals surface area contributed by atoms with Gasteiger partial charge in [-0.25, -0.2) is 9.97 Å². The number of H-pyrrole nitrogens is 2. The molecule has 0 amide bonds. The van der Waals surface area contributed by atoms with Crippen LogP contribution >= 0.6 is 0 Å². The fourth-order valence-corrected chi connectivity index (χ4v) is 5.26. The van der Waals surface area contributed by atoms with Crippen LogP contribution in [0.15, 0.2) is 109 Å². The highest BCUT2D eigenvalue weighted by Gasteiger charge is 2.21. The Balaban J connectivity index is 1.49. The maximum absolute atomic E-state index is 11.8. The van der Waals surface area contributed by atoms with Crippen LogP contribution in [0.3, 0.4) is 0 Å². The fraction of sp³-hybridized carbons (Fsp3) is 0.0500. The minimum absolute atomic E-state index is 0.00403. The quantitative estimate of drug-likeness (QED) is 0.160. The van der Waals surface area contributed by atoms with E-state index in [1.165, 1.54) is 0 Å². The SMILES string of the molecule is CC(=O)c1ccc(C#Cc2c3nc(-c4ccccc4)[nH]c3c(C#Cc3ccc(C(C)=O)cc3)c3[nH]c(-c4ccccc4)nc23)cc1. The number of hydrogen-bond acceptors (Lipinski definition) is 4. The third kappa shape index (κ3) is 5.48. The van der Waals surface area contributed by atoms with Gasteiger partial charge in [0.25, 0.3) is 0 Å². The molecule has 0 saturated carbocycles. The second-order valence-corrected chi connectivity index (χ2v) is 10.9. The zero-order valence-electron chi connectivity index (χ0n) is 25.1. The predicted molar refractivity (Wildman–Crippen MR) is 181 cm³/mol. The third-order valence-electron chi connectivity index (χ3n) is 7.72. The minimum atomic E-state index is 0.00403. The van der Waals surface area contributed by atoms with E-state index in [2.05, 4.69) is 33.6 Å². The van der Waals surface area contributed by atoms with E-state index >= 15 is 0 Å². The minimum Gasteiger partial charge on any atom is -0.337 e. The molecule has 2 aromatic heterocycles. The monoisotopic (exact) mass is 594 g/mol. The van der Waals surface area contributed by atoms with Gasteiger partial charge in [-0.15, -0.1) is 0 Å². The van der Waals surface area contributed by atoms with E-state index in [0.29, 0.717) is 44.9 Å². The Kier molecular flexibility index (Phi) is 7.31. The lowest BCUT2D eigenvalue weighted by atomic mass is 10.0. The van der Waals surface area contributed by atoms with Crippen molar-refractivity contribution < 1.29 is 9.59 Å². The van der Waals surface area contributed by atoms with E-state index in [4.69, 9.17) is 9.97 Å². The zero-order valence-corrected chi connectivity index (χ0v) is 25.1. The summed E-state index contributed by atoms with van der Waals surface area (Å²) in [6, 6.07) is 34.3. The highest BCUT2D eigenvalue weighted by molar-refractivity contribution is 6.06. The molecule has 46 heavy (non-hydrogen) atoms. The molecule has 2 heterocycles. The van der Waals surface area contributed by atoms with Crippen molar-refractivity contribution in [2.45, 2.75) is 13.8 Å². The molecule has 7 rings (SSSR count). The number of aromatic amines is 2. The van der Waals surface area contributed by atoms with Crippen molar-refractivity contribution in [3.8, 4) is 46.5 Å². The maximum atomic E-state index is 11.8. The van der Waals surface area contributed by atoms with Crippen molar-refractivity contribution in [3.63, 3.8) is 0 Å². The molecule has 2 N–H and O–H groups in total. The second-order valence-electron chi connectivity index (χ2n) is 10.9. The van der Waals surface area contributed by atoms with Crippen LogP contribution in [0.25, 0.3) is 44.8 Å². The predicted octanol–water partition coefficient (Wildman–Crippen LogP) is 7.98. The summed E-state index contributed by atoms with van der Waals surface area (Å²) in [5.41, 5.74) is 8.81. The van der Waals surface area contributed by atoms with Crippen LogP contribution in [-0.2, 0) is 0 Å². The number of nitrogens with one attached hydrogen (secondary N) is 2. The summed E-state index contributed by atoms with van der Waals surface area (Å²) in [6.45, 7) is 3.09. The lowest BCUT2D eigenvalue weighted by molar-refractivity contribution is 0.100. The number of fused-ring (bicyclic) bond motifs is 2. The Labute approximate surface area is 265 Å². The first-order valence-corrected chi connectivity index (χ1v) is 14.8. The molecule has 0 aliphatic rings. The first-order valence-electron chi connectivity index (χ1n) is 14.8. The Morgan fingerprint density at radius 2 is 0.891 bits per heavy atom. The highest BCUT2D eigenvalue weighted by Crippen LogP contribution is 2.34. The number of imidazole rings is 2. The van der Waals surface area contributed by atoms with Crippen molar-refractivity contribution in [1.82, 2.24) is 19.9 Å². The van der Waals surface area contributed by atoms with Gasteiger partial charge in [0, 0.05) is 33.4 Å². The summed E-state index contributed by atoms with van der Waals surface area (Å²) >= 11 is 0. The molecule has 0 aliphatic heterocycles. The highest BCUT2D eigenvalue weighted by atomic mass is 16.1. The lowest BCUT2D eigenvalue weighted by Crippen LogP contribution is -1.92. The van der Waals surface area contributed by atoms with Gasteiger partial charge in [0.05, 0.1) is 22.2 Å². The molecule has 0 fully saturated rings. The normalized spacial score (nSPS) is 10.7. The summed E-state index contributed by atoms with van der Waals surface area (Å²) in [4.78, 5) is 40.8. The molecule has 0 bridgehead atoms. The average Bonchev–Trinajstić information content (AvgIpc) is 3.73. The van der Waals surface area contributed by atoms with Gasteiger partial charge in [0.2, 0.25) is 0 Å². The van der Waals surface area contributed by atoms with Gasteiger partial charge < -0.3 is 9.97 Å². The topological polar surface area (TPSA) is 91.5 Å². The van der Waals surface area contributed by atoms with Crippen LogP contribution < -0.4 is 0 Å². The molecule has 0 aliphatic carbocycles. The molecule has 0 radical (unpaired) electrons. The van der Waals surface area contributed by atoms with Gasteiger partial charge in [-0.2, -0.15) is 0 Å². The van der Waals surface area contributed by atoms with E-state index in [0.717, 1.165) is 33.3 Å². The Morgan fingerprint density at radius 1 is 0.500 bits per heavy atom. The van der Waals surface area contributed by atoms with Crippen LogP contribution in [-0.4, -0.2) is 31.5 Å². The van der Waals surface area contributed by atoms with Gasteiger partial charge in [0.15, 0.2) is 11.6 Å². The summed E-state index contributed by atoms with van der Waals surface area (Å²) in [5, 5.41) is 0. The molecule has 0 atom stereocenters. The van der Waals surface area contributed by atoms with E-state index in [9.17, 15) is 9.59 Å². The van der Waals surface area contributed by atoms with Crippen LogP contribution in [0.1, 0.15) is 56.8 Å². The van der Waals surface area contributed by atoms with Crippen molar-refractivity contribution in [2.24, 2.45) is 0 Å². The summed E-state index contributed by atoms with van der Waals surface area (Å²) in [7, 11) is 0. The maximum Gasteiger partial charge on any atom is 0.159 e. The average molecular weight is 595 g/mol. The van der Waals surface area contributed by atoms with Crippen molar-refractivity contribution in [2.75, 3.05) is 0 Å². The van der Waals surface area contributed by atoms with Gasteiger partial charge >= 0.3 is 0 Å². The van der Waals surface area contributed by atoms with Crippen LogP contribution in [0.2, 0.25) is 0 Å². The number of carbonyl (C=O) groups excluding carboxylic acids is 2. The van der Waals surface area contributed by atoms with E-state index in [-0.39, 0.29) is 11.6 Å². The first kappa shape index (κ1) is 28.3. The van der Waals surface area contributed by atoms with E-state index < -0.39 is 0 Å². The number of Topliss-reactive ketones (excluding diaryl/α,β-unsaturated/α-hetero) is 2. The molecule has 6 heteroatoms. The second kappa shape index (κ2) is 11.9. The number of ketones is 2. The number of benzene rings is 5. The van der Waals surface area contributed by atoms with Crippen molar-refractivity contribution in [1.29, 1.82) is 0 Å². The lowest BCUT2D eigenvalue weighted by Gasteiger charge is -2.01. The van der Waals surface area contributed by atoms with Gasteiger partial charge in [0.1, 0.15) is 22.7 Å². The van der Waals surface area contributed by atoms with Crippen LogP contribution in [0.5, 0.6) is 0 Å². The van der Waals surface area contributed by atoms with Gasteiger partial charge in [-0.3, -0.25) is 9.59 Å². The fourth-order valence-electron chi connectivity index (χ4n) is 5.26. The molecule has 6 nitrogen and oxygen atoms in total. The Morgan fingerprint density at radius 3 is 1.28 bits per heavy atom. The molecule has 0 unspecified atom stereocenters.